The molecule has 0 saturated carbocycles. The van der Waals surface area contributed by atoms with Crippen LogP contribution in [0.25, 0.3) is 0 Å². The molecule has 4 heteroatoms. The molecule has 1 saturated heterocycles. The van der Waals surface area contributed by atoms with Gasteiger partial charge in [-0.1, -0.05) is 31.2 Å². The zero-order valence-corrected chi connectivity index (χ0v) is 11.2. The normalized spacial score (nSPS) is 24.2. The van der Waals surface area contributed by atoms with E-state index in [9.17, 15) is 4.79 Å². The van der Waals surface area contributed by atoms with E-state index in [2.05, 4.69) is 29.7 Å². The van der Waals surface area contributed by atoms with Gasteiger partial charge in [0.25, 0.3) is 0 Å². The number of rotatable bonds is 3. The van der Waals surface area contributed by atoms with Crippen molar-refractivity contribution in [2.24, 2.45) is 5.41 Å². The van der Waals surface area contributed by atoms with Crippen LogP contribution in [0.2, 0.25) is 0 Å². The second kappa shape index (κ2) is 4.94. The number of fused-ring (bicyclic) bond motifs is 1. The third kappa shape index (κ3) is 2.65. The van der Waals surface area contributed by atoms with Crippen LogP contribution in [0.3, 0.4) is 0 Å². The first-order valence-electron chi connectivity index (χ1n) is 6.82. The Hall–Kier alpha value is -1.39. The summed E-state index contributed by atoms with van der Waals surface area (Å²) in [5, 5.41) is 6.35. The smallest absolute Gasteiger partial charge is 0.237 e. The molecule has 1 aromatic rings. The maximum absolute atomic E-state index is 12.2. The molecule has 2 aliphatic heterocycles. The van der Waals surface area contributed by atoms with Crippen molar-refractivity contribution in [2.45, 2.75) is 25.9 Å². The second-order valence-corrected chi connectivity index (χ2v) is 5.93. The molecule has 0 aromatic heterocycles. The summed E-state index contributed by atoms with van der Waals surface area (Å²) in [7, 11) is 0. The molecule has 0 radical (unpaired) electrons. The lowest BCUT2D eigenvalue weighted by molar-refractivity contribution is -0.128. The quantitative estimate of drug-likeness (QED) is 0.847. The van der Waals surface area contributed by atoms with Crippen molar-refractivity contribution in [3.63, 3.8) is 0 Å². The van der Waals surface area contributed by atoms with Crippen LogP contribution in [0.1, 0.15) is 18.1 Å². The van der Waals surface area contributed by atoms with Gasteiger partial charge < -0.3 is 15.4 Å². The Labute approximate surface area is 113 Å². The zero-order valence-electron chi connectivity index (χ0n) is 11.2. The predicted octanol–water partition coefficient (Wildman–Crippen LogP) is 0.854. The van der Waals surface area contributed by atoms with Gasteiger partial charge in [-0.3, -0.25) is 4.79 Å². The number of hydrogen-bond donors (Lipinski definition) is 2. The Kier molecular flexibility index (Phi) is 3.29. The molecular formula is C15H20N2O2. The van der Waals surface area contributed by atoms with Crippen LogP contribution in [0.15, 0.2) is 24.3 Å². The largest absolute Gasteiger partial charge is 0.380 e. The van der Waals surface area contributed by atoms with E-state index in [0.717, 1.165) is 26.2 Å². The minimum absolute atomic E-state index is 0.0997. The fourth-order valence-corrected chi connectivity index (χ4v) is 2.62. The van der Waals surface area contributed by atoms with Crippen LogP contribution in [0, 0.1) is 5.41 Å². The van der Waals surface area contributed by atoms with E-state index in [0.29, 0.717) is 6.54 Å². The van der Waals surface area contributed by atoms with Crippen molar-refractivity contribution in [3.8, 4) is 0 Å². The summed E-state index contributed by atoms with van der Waals surface area (Å²) in [5.41, 5.74) is 2.70. The van der Waals surface area contributed by atoms with Crippen LogP contribution in [0.4, 0.5) is 0 Å². The molecule has 0 spiro atoms. The van der Waals surface area contributed by atoms with Crippen molar-refractivity contribution in [3.05, 3.63) is 35.4 Å². The number of hydrogen-bond acceptors (Lipinski definition) is 3. The maximum Gasteiger partial charge on any atom is 0.237 e. The molecule has 1 fully saturated rings. The molecule has 0 aliphatic carbocycles. The van der Waals surface area contributed by atoms with Crippen LogP contribution in [0.5, 0.6) is 0 Å². The molecule has 102 valence electrons. The van der Waals surface area contributed by atoms with Gasteiger partial charge in [0.1, 0.15) is 0 Å². The van der Waals surface area contributed by atoms with Gasteiger partial charge >= 0.3 is 0 Å². The Morgan fingerprint density at radius 3 is 2.84 bits per heavy atom. The number of nitrogens with one attached hydrogen (secondary N) is 2. The van der Waals surface area contributed by atoms with Crippen LogP contribution in [-0.4, -0.2) is 31.7 Å². The molecule has 1 aromatic carbocycles. The Morgan fingerprint density at radius 1 is 1.42 bits per heavy atom. The standard InChI is InChI=1S/C15H20N2O2/c1-15(9-19-10-15)8-17-14(18)13-6-11-4-2-3-5-12(11)7-16-13/h2-5,13,16H,6-10H2,1H3,(H,17,18)/t13-/m0/s1. The summed E-state index contributed by atoms with van der Waals surface area (Å²) in [4.78, 5) is 12.2. The molecule has 3 rings (SSSR count). The third-order valence-corrected chi connectivity index (χ3v) is 3.99. The van der Waals surface area contributed by atoms with Crippen molar-refractivity contribution >= 4 is 5.91 Å². The van der Waals surface area contributed by atoms with Crippen LogP contribution < -0.4 is 10.6 Å². The number of carbonyl (C=O) groups is 1. The van der Waals surface area contributed by atoms with E-state index in [-0.39, 0.29) is 17.4 Å². The molecule has 0 unspecified atom stereocenters. The average Bonchev–Trinajstić information content (AvgIpc) is 2.42. The molecule has 1 atom stereocenters. The van der Waals surface area contributed by atoms with Crippen molar-refractivity contribution in [1.82, 2.24) is 10.6 Å². The van der Waals surface area contributed by atoms with Gasteiger partial charge in [0.05, 0.1) is 19.3 Å². The second-order valence-electron chi connectivity index (χ2n) is 5.93. The lowest BCUT2D eigenvalue weighted by Crippen LogP contribution is -2.53. The van der Waals surface area contributed by atoms with E-state index in [1.165, 1.54) is 11.1 Å². The highest BCUT2D eigenvalue weighted by atomic mass is 16.5. The molecule has 19 heavy (non-hydrogen) atoms. The van der Waals surface area contributed by atoms with Crippen molar-refractivity contribution < 1.29 is 9.53 Å². The highest BCUT2D eigenvalue weighted by molar-refractivity contribution is 5.82. The molecular weight excluding hydrogens is 240 g/mol. The van der Waals surface area contributed by atoms with E-state index in [1.807, 2.05) is 12.1 Å². The third-order valence-electron chi connectivity index (χ3n) is 3.99. The summed E-state index contributed by atoms with van der Waals surface area (Å²) in [6, 6.07) is 8.18. The predicted molar refractivity (Wildman–Crippen MR) is 72.7 cm³/mol. The fraction of sp³-hybridized carbons (Fsp3) is 0.533. The summed E-state index contributed by atoms with van der Waals surface area (Å²) in [5.74, 6) is 0.0997. The first kappa shape index (κ1) is 12.6. The summed E-state index contributed by atoms with van der Waals surface area (Å²) in [6.07, 6.45) is 0.773. The first-order chi connectivity index (χ1) is 9.16. The van der Waals surface area contributed by atoms with Crippen molar-refractivity contribution in [2.75, 3.05) is 19.8 Å². The van der Waals surface area contributed by atoms with E-state index >= 15 is 0 Å². The first-order valence-corrected chi connectivity index (χ1v) is 6.82. The van der Waals surface area contributed by atoms with Gasteiger partial charge in [-0.2, -0.15) is 0 Å². The zero-order chi connectivity index (χ0) is 13.3. The minimum Gasteiger partial charge on any atom is -0.380 e. The highest BCUT2D eigenvalue weighted by Crippen LogP contribution is 2.25. The van der Waals surface area contributed by atoms with Gasteiger partial charge in [0.15, 0.2) is 0 Å². The number of amides is 1. The summed E-state index contributed by atoms with van der Waals surface area (Å²) >= 11 is 0. The van der Waals surface area contributed by atoms with Gasteiger partial charge in [-0.25, -0.2) is 0 Å². The van der Waals surface area contributed by atoms with Gasteiger partial charge in [0.2, 0.25) is 5.91 Å². The molecule has 1 amide bonds. The molecule has 2 heterocycles. The Balaban J connectivity index is 1.57. The highest BCUT2D eigenvalue weighted by Gasteiger charge is 2.34. The van der Waals surface area contributed by atoms with Crippen molar-refractivity contribution in [1.29, 1.82) is 0 Å². The maximum atomic E-state index is 12.2. The lowest BCUT2D eigenvalue weighted by Gasteiger charge is -2.38. The lowest BCUT2D eigenvalue weighted by atomic mass is 9.88. The number of benzene rings is 1. The monoisotopic (exact) mass is 260 g/mol. The SMILES string of the molecule is CC1(CNC(=O)[C@@H]2Cc3ccccc3CN2)COC1. The Morgan fingerprint density at radius 2 is 2.16 bits per heavy atom. The van der Waals surface area contributed by atoms with Crippen LogP contribution in [-0.2, 0) is 22.5 Å². The molecule has 2 aliphatic rings. The van der Waals surface area contributed by atoms with Gasteiger partial charge in [-0.15, -0.1) is 0 Å². The topological polar surface area (TPSA) is 50.4 Å². The number of carbonyl (C=O) groups excluding carboxylic acids is 1. The van der Waals surface area contributed by atoms with E-state index in [1.54, 1.807) is 0 Å². The minimum atomic E-state index is -0.112. The van der Waals surface area contributed by atoms with Gasteiger partial charge in [-0.05, 0) is 17.5 Å². The van der Waals surface area contributed by atoms with E-state index in [4.69, 9.17) is 4.74 Å². The summed E-state index contributed by atoms with van der Waals surface area (Å²) in [6.45, 7) is 5.10. The molecule has 4 nitrogen and oxygen atoms in total. The molecule has 2 N–H and O–H groups in total. The Bertz CT molecular complexity index is 483. The molecule has 0 bridgehead atoms. The summed E-state index contributed by atoms with van der Waals surface area (Å²) < 4.78 is 5.20. The average molecular weight is 260 g/mol. The van der Waals surface area contributed by atoms with Crippen LogP contribution >= 0.6 is 0 Å². The van der Waals surface area contributed by atoms with Gasteiger partial charge in [0, 0.05) is 18.5 Å². The number of ether oxygens (including phenoxy) is 1. The fourth-order valence-electron chi connectivity index (χ4n) is 2.62. The van der Waals surface area contributed by atoms with E-state index < -0.39 is 0 Å².